The van der Waals surface area contributed by atoms with Crippen molar-refractivity contribution in [2.75, 3.05) is 7.11 Å². The maximum absolute atomic E-state index is 16.1. The highest BCUT2D eigenvalue weighted by molar-refractivity contribution is 7.95. The predicted molar refractivity (Wildman–Crippen MR) is 197 cm³/mol. The molecular weight excluding hydrogens is 678 g/mol. The molecule has 0 aromatic heterocycles. The smallest absolute Gasteiger partial charge is 0.336 e. The van der Waals surface area contributed by atoms with Crippen molar-refractivity contribution in [3.05, 3.63) is 101 Å². The maximum atomic E-state index is 16.1. The number of sulfone groups is 1. The molecule has 12 heteroatoms. The molecule has 1 atom stereocenters. The molecule has 1 N–H and O–H groups in total. The molecule has 0 aliphatic carbocycles. The first-order valence-corrected chi connectivity index (χ1v) is 23.4. The van der Waals surface area contributed by atoms with E-state index in [4.69, 9.17) is 13.6 Å². The minimum absolute atomic E-state index is 0.117. The number of methoxy groups -OCH3 is 1. The molecule has 0 unspecified atom stereocenters. The number of hydrogen-bond donors (Lipinski definition) is 1. The fraction of sp³-hybridized carbons (Fsp3) is 0.405. The van der Waals surface area contributed by atoms with E-state index in [0.29, 0.717) is 23.1 Å². The molecule has 0 saturated heterocycles. The van der Waals surface area contributed by atoms with Gasteiger partial charge in [-0.3, -0.25) is 4.79 Å². The van der Waals surface area contributed by atoms with Gasteiger partial charge >= 0.3 is 5.97 Å². The zero-order chi connectivity index (χ0) is 37.1. The second-order valence-corrected chi connectivity index (χ2v) is 26.5. The largest absolute Gasteiger partial charge is 0.541 e. The van der Waals surface area contributed by atoms with Crippen LogP contribution in [0, 0.1) is 0 Å². The van der Waals surface area contributed by atoms with Gasteiger partial charge in [0.05, 0.1) is 12.0 Å². The summed E-state index contributed by atoms with van der Waals surface area (Å²) in [6.07, 6.45) is 0.251. The Morgan fingerprint density at radius 3 is 1.76 bits per heavy atom. The van der Waals surface area contributed by atoms with Crippen LogP contribution in [0.3, 0.4) is 0 Å². The molecule has 0 saturated carbocycles. The third-order valence-corrected chi connectivity index (χ3v) is 19.6. The van der Waals surface area contributed by atoms with Gasteiger partial charge in [0.25, 0.3) is 22.5 Å². The number of ether oxygens (including phenoxy) is 1. The first-order valence-electron chi connectivity index (χ1n) is 16.1. The Hall–Kier alpha value is -3.75. The van der Waals surface area contributed by atoms with Crippen molar-refractivity contribution in [3.8, 4) is 11.5 Å². The number of carbonyl (C=O) groups excluding carboxylic acids is 2. The van der Waals surface area contributed by atoms with Crippen LogP contribution in [0.25, 0.3) is 0 Å². The van der Waals surface area contributed by atoms with Crippen LogP contribution < -0.4 is 14.2 Å². The lowest BCUT2D eigenvalue weighted by molar-refractivity contribution is -0.146. The summed E-state index contributed by atoms with van der Waals surface area (Å²) in [5, 5.41) is 0.708. The molecule has 0 radical (unpaired) electrons. The van der Waals surface area contributed by atoms with Crippen LogP contribution in [-0.4, -0.2) is 49.6 Å². The molecule has 0 heterocycles. The Balaban J connectivity index is 2.28. The van der Waals surface area contributed by atoms with Gasteiger partial charge in [-0.2, -0.15) is 4.39 Å². The minimum Gasteiger partial charge on any atom is -0.541 e. The van der Waals surface area contributed by atoms with Gasteiger partial charge in [-0.1, -0.05) is 84.0 Å². The number of carbonyl (C=O) groups is 2. The summed E-state index contributed by atoms with van der Waals surface area (Å²) < 4.78 is 61.4. The summed E-state index contributed by atoms with van der Waals surface area (Å²) in [6.45, 7) is 21.2. The summed E-state index contributed by atoms with van der Waals surface area (Å²) in [4.78, 5) is 27.0. The van der Waals surface area contributed by atoms with Crippen LogP contribution in [0.2, 0.25) is 36.3 Å². The number of benzene rings is 3. The van der Waals surface area contributed by atoms with Gasteiger partial charge in [-0.25, -0.2) is 13.2 Å². The van der Waals surface area contributed by atoms with Gasteiger partial charge in [-0.15, -0.1) is 0 Å². The highest BCUT2D eigenvalue weighted by Gasteiger charge is 2.44. The van der Waals surface area contributed by atoms with E-state index in [1.807, 2.05) is 0 Å². The van der Waals surface area contributed by atoms with E-state index in [2.05, 4.69) is 73.0 Å². The van der Waals surface area contributed by atoms with Crippen molar-refractivity contribution < 1.29 is 36.0 Å². The lowest BCUT2D eigenvalue weighted by Crippen LogP contribution is -2.55. The van der Waals surface area contributed by atoms with E-state index in [0.717, 1.165) is 7.11 Å². The number of nitrogens with one attached hydrogen (secondary N) is 1. The monoisotopic (exact) mass is 727 g/mol. The third-order valence-electron chi connectivity index (χ3n) is 9.43. The Morgan fingerprint density at radius 1 is 0.776 bits per heavy atom. The first-order chi connectivity index (χ1) is 22.5. The van der Waals surface area contributed by atoms with E-state index in [9.17, 15) is 18.0 Å². The first kappa shape index (κ1) is 39.7. The second kappa shape index (κ2) is 14.6. The Labute approximate surface area is 293 Å². The Morgan fingerprint density at radius 2 is 1.27 bits per heavy atom. The Bertz CT molecular complexity index is 1780. The highest BCUT2D eigenvalue weighted by Crippen LogP contribution is 2.44. The zero-order valence-electron chi connectivity index (χ0n) is 30.4. The maximum Gasteiger partial charge on any atom is 0.336 e. The molecule has 266 valence electrons. The Kier molecular flexibility index (Phi) is 11.8. The summed E-state index contributed by atoms with van der Waals surface area (Å²) in [7, 11) is -8.39. The average molecular weight is 728 g/mol. The molecule has 3 aromatic carbocycles. The minimum atomic E-state index is -4.70. The summed E-state index contributed by atoms with van der Waals surface area (Å²) in [5.41, 5.74) is -1.67. The fourth-order valence-electron chi connectivity index (χ4n) is 4.35. The molecule has 0 aliphatic rings. The predicted octanol–water partition coefficient (Wildman–Crippen LogP) is 8.62. The quantitative estimate of drug-likeness (QED) is 0.147. The molecule has 8 nitrogen and oxygen atoms in total. The van der Waals surface area contributed by atoms with E-state index in [1.165, 1.54) is 36.4 Å². The summed E-state index contributed by atoms with van der Waals surface area (Å²) in [5.74, 6) is -0.819. The number of amides is 1. The van der Waals surface area contributed by atoms with E-state index < -0.39 is 49.0 Å². The van der Waals surface area contributed by atoms with Crippen LogP contribution in [0.5, 0.6) is 11.5 Å². The zero-order valence-corrected chi connectivity index (χ0v) is 33.3. The van der Waals surface area contributed by atoms with Gasteiger partial charge in [0.1, 0.15) is 11.5 Å². The lowest BCUT2D eigenvalue weighted by Gasteiger charge is -2.40. The summed E-state index contributed by atoms with van der Waals surface area (Å²) >= 11 is 0. The molecule has 3 rings (SSSR count). The molecule has 3 aromatic rings. The molecule has 1 amide bonds. The van der Waals surface area contributed by atoms with Gasteiger partial charge in [0, 0.05) is 18.1 Å². The van der Waals surface area contributed by atoms with E-state index in [1.54, 1.807) is 42.5 Å². The summed E-state index contributed by atoms with van der Waals surface area (Å²) in [6, 6.07) is 20.2. The van der Waals surface area contributed by atoms with Crippen LogP contribution in [-0.2, 0) is 25.8 Å². The van der Waals surface area contributed by atoms with Crippen LogP contribution in [0.1, 0.15) is 57.5 Å². The highest BCUT2D eigenvalue weighted by atomic mass is 32.2. The standard InChI is InChI=1S/C37H50FNO7SSi2/c1-35(2,3)48(8,9)45-30-23-22-27(24-31(30)46-49(10,11)36(4,5)6)25-37(34(41)44-7,39-33(40)28-18-14-12-15-19-28)26-32(38)47(42,43)29-20-16-13-17-21-29/h12-24,26H,25H2,1-11H3,(H,39,40)/b32-26+/t37-/m0/s1. The molecule has 0 bridgehead atoms. The van der Waals surface area contributed by atoms with Crippen molar-refractivity contribution in [1.29, 1.82) is 0 Å². The SMILES string of the molecule is COC(=O)[C@@](/C=C(\F)S(=O)(=O)c1ccccc1)(Cc1ccc(O[Si](C)(C)C(C)(C)C)c(O[Si](C)(C)C(C)(C)C)c1)NC(=O)c1ccccc1. The lowest BCUT2D eigenvalue weighted by atomic mass is 9.89. The second-order valence-electron chi connectivity index (χ2n) is 15.2. The number of esters is 1. The van der Waals surface area contributed by atoms with E-state index in [-0.39, 0.29) is 27.0 Å². The molecule has 0 fully saturated rings. The number of hydrogen-bond acceptors (Lipinski definition) is 7. The molecule has 0 spiro atoms. The van der Waals surface area contributed by atoms with Crippen LogP contribution in [0.15, 0.2) is 95.0 Å². The molecular formula is C37H50FNO7SSi2. The van der Waals surface area contributed by atoms with Crippen molar-refractivity contribution in [1.82, 2.24) is 5.32 Å². The normalized spacial score (nSPS) is 14.4. The molecule has 0 aliphatic heterocycles. The van der Waals surface area contributed by atoms with Crippen LogP contribution >= 0.6 is 0 Å². The number of rotatable bonds is 12. The van der Waals surface area contributed by atoms with Gasteiger partial charge < -0.3 is 18.9 Å². The third kappa shape index (κ3) is 9.28. The van der Waals surface area contributed by atoms with Crippen molar-refractivity contribution in [2.24, 2.45) is 0 Å². The number of halogens is 1. The average Bonchev–Trinajstić information content (AvgIpc) is 3.01. The van der Waals surface area contributed by atoms with Crippen molar-refractivity contribution in [3.63, 3.8) is 0 Å². The fourth-order valence-corrected chi connectivity index (χ4v) is 7.48. The van der Waals surface area contributed by atoms with Gasteiger partial charge in [0.2, 0.25) is 15.0 Å². The van der Waals surface area contributed by atoms with Gasteiger partial charge in [0.15, 0.2) is 5.54 Å². The molecule has 49 heavy (non-hydrogen) atoms. The van der Waals surface area contributed by atoms with E-state index >= 15 is 4.39 Å². The van der Waals surface area contributed by atoms with Gasteiger partial charge in [-0.05, 0) is 78.2 Å². The van der Waals surface area contributed by atoms with Crippen molar-refractivity contribution >= 4 is 38.3 Å². The van der Waals surface area contributed by atoms with Crippen LogP contribution in [0.4, 0.5) is 4.39 Å². The topological polar surface area (TPSA) is 108 Å². The van der Waals surface area contributed by atoms with Crippen molar-refractivity contribution in [2.45, 2.75) is 94.7 Å².